The third-order valence-corrected chi connectivity index (χ3v) is 5.72. The van der Waals surface area contributed by atoms with Crippen molar-refractivity contribution < 1.29 is 32.6 Å². The van der Waals surface area contributed by atoms with Crippen LogP contribution in [0.15, 0.2) is 42.5 Å². The molecule has 8 heteroatoms. The number of aliphatic hydroxyl groups excluding tert-OH is 1. The Morgan fingerprint density at radius 1 is 1.17 bits per heavy atom. The number of rotatable bonds is 2. The largest absolute Gasteiger partial charge is 0.424 e. The maximum atomic E-state index is 14.4. The van der Waals surface area contributed by atoms with Crippen LogP contribution in [0, 0.1) is 0 Å². The van der Waals surface area contributed by atoms with E-state index in [0.29, 0.717) is 30.4 Å². The van der Waals surface area contributed by atoms with Crippen molar-refractivity contribution in [1.82, 2.24) is 0 Å². The molecule has 4 nitrogen and oxygen atoms in total. The highest BCUT2D eigenvalue weighted by Gasteiger charge is 2.68. The molecule has 1 unspecified atom stereocenters. The Kier molecular flexibility index (Phi) is 4.66. The lowest BCUT2D eigenvalue weighted by atomic mass is 9.70. The molecular formula is C21H19F4NO3. The molecule has 2 aromatic rings. The molecule has 0 aromatic heterocycles. The zero-order chi connectivity index (χ0) is 21.0. The summed E-state index contributed by atoms with van der Waals surface area (Å²) in [7, 11) is 0. The number of alkyl halides is 4. The van der Waals surface area contributed by atoms with Gasteiger partial charge in [0.15, 0.2) is 12.3 Å². The average molecular weight is 409 g/mol. The molecule has 29 heavy (non-hydrogen) atoms. The molecule has 1 amide bonds. The van der Waals surface area contributed by atoms with Crippen LogP contribution in [0.25, 0.3) is 0 Å². The minimum atomic E-state index is -5.14. The molecule has 0 fully saturated rings. The highest BCUT2D eigenvalue weighted by molar-refractivity contribution is 5.98. The fraction of sp³-hybridized carbons (Fsp3) is 0.381. The highest BCUT2D eigenvalue weighted by Crippen LogP contribution is 2.60. The van der Waals surface area contributed by atoms with E-state index in [1.165, 1.54) is 11.0 Å². The van der Waals surface area contributed by atoms with Gasteiger partial charge in [0.2, 0.25) is 5.60 Å². The van der Waals surface area contributed by atoms with E-state index in [1.807, 2.05) is 0 Å². The van der Waals surface area contributed by atoms with E-state index in [9.17, 15) is 32.6 Å². The number of hydrogen-bond acceptors (Lipinski definition) is 3. The van der Waals surface area contributed by atoms with Crippen molar-refractivity contribution in [2.45, 2.75) is 43.3 Å². The molecule has 0 bridgehead atoms. The Morgan fingerprint density at radius 2 is 1.86 bits per heavy atom. The lowest BCUT2D eigenvalue weighted by molar-refractivity contribution is -0.302. The molecule has 2 N–H and O–H groups in total. The van der Waals surface area contributed by atoms with Gasteiger partial charge in [-0.25, -0.2) is 4.39 Å². The van der Waals surface area contributed by atoms with Crippen LogP contribution in [-0.2, 0) is 16.8 Å². The predicted molar refractivity (Wildman–Crippen MR) is 96.9 cm³/mol. The van der Waals surface area contributed by atoms with Crippen molar-refractivity contribution >= 4 is 11.6 Å². The maximum absolute atomic E-state index is 14.4. The smallest absolute Gasteiger partial charge is 0.378 e. The molecule has 3 atom stereocenters. The van der Waals surface area contributed by atoms with E-state index in [2.05, 4.69) is 0 Å². The second-order valence-corrected chi connectivity index (χ2v) is 7.46. The third-order valence-electron chi connectivity index (χ3n) is 5.72. The SMILES string of the molecule is O=C([C@@H](O)c1ccccc1)N1CCCCc2cc3c(cc21)[C@@H](F)C3(O)C(F)(F)F. The van der Waals surface area contributed by atoms with Crippen molar-refractivity contribution in [2.75, 3.05) is 11.4 Å². The van der Waals surface area contributed by atoms with E-state index in [-0.39, 0.29) is 17.8 Å². The van der Waals surface area contributed by atoms with Gasteiger partial charge in [-0.3, -0.25) is 4.79 Å². The second kappa shape index (κ2) is 6.81. The quantitative estimate of drug-likeness (QED) is 0.741. The molecule has 0 radical (unpaired) electrons. The molecule has 154 valence electrons. The van der Waals surface area contributed by atoms with Crippen LogP contribution in [0.2, 0.25) is 0 Å². The number of hydrogen-bond donors (Lipinski definition) is 2. The van der Waals surface area contributed by atoms with Crippen molar-refractivity contribution in [1.29, 1.82) is 0 Å². The predicted octanol–water partition coefficient (Wildman–Crippen LogP) is 3.86. The number of aryl methyl sites for hydroxylation is 1. The number of carbonyl (C=O) groups is 1. The van der Waals surface area contributed by atoms with Crippen molar-refractivity contribution in [2.24, 2.45) is 0 Å². The summed E-state index contributed by atoms with van der Waals surface area (Å²) >= 11 is 0. The van der Waals surface area contributed by atoms with Crippen molar-refractivity contribution in [3.63, 3.8) is 0 Å². The number of carbonyl (C=O) groups excluding carboxylic acids is 1. The number of nitrogens with zero attached hydrogens (tertiary/aromatic N) is 1. The Balaban J connectivity index is 1.74. The summed E-state index contributed by atoms with van der Waals surface area (Å²) in [5.74, 6) is -0.625. The van der Waals surface area contributed by atoms with Crippen molar-refractivity contribution in [3.05, 3.63) is 64.7 Å². The fourth-order valence-corrected chi connectivity index (χ4v) is 4.08. The maximum Gasteiger partial charge on any atom is 0.424 e. The lowest BCUT2D eigenvalue weighted by Crippen LogP contribution is -2.53. The summed E-state index contributed by atoms with van der Waals surface area (Å²) in [5, 5.41) is 20.4. The highest BCUT2D eigenvalue weighted by atomic mass is 19.4. The number of benzene rings is 2. The standard InChI is InChI=1S/C21H19F4NO3/c22-18-14-11-16-13(10-15(14)20(18,29)21(23,24)25)8-4-5-9-26(16)19(28)17(27)12-6-2-1-3-7-12/h1-3,6-7,10-11,17-18,27,29H,4-5,8-9H2/t17-,18+,20?/m0/s1. The number of amides is 1. The first-order valence-corrected chi connectivity index (χ1v) is 9.31. The van der Waals surface area contributed by atoms with Gasteiger partial charge in [0, 0.05) is 17.8 Å². The monoisotopic (exact) mass is 409 g/mol. The molecule has 4 rings (SSSR count). The van der Waals surface area contributed by atoms with Gasteiger partial charge < -0.3 is 15.1 Å². The summed E-state index contributed by atoms with van der Waals surface area (Å²) in [6, 6.07) is 10.6. The van der Waals surface area contributed by atoms with Crippen LogP contribution < -0.4 is 4.90 Å². The van der Waals surface area contributed by atoms with Gasteiger partial charge in [-0.05, 0) is 48.1 Å². The van der Waals surface area contributed by atoms with Crippen molar-refractivity contribution in [3.8, 4) is 0 Å². The fourth-order valence-electron chi connectivity index (χ4n) is 4.08. The van der Waals surface area contributed by atoms with E-state index in [0.717, 1.165) is 6.07 Å². The summed E-state index contributed by atoms with van der Waals surface area (Å²) in [5.41, 5.74) is -3.21. The molecule has 1 heterocycles. The van der Waals surface area contributed by atoms with Crippen LogP contribution in [-0.4, -0.2) is 28.8 Å². The number of fused-ring (bicyclic) bond motifs is 2. The van der Waals surface area contributed by atoms with Crippen LogP contribution in [0.4, 0.5) is 23.2 Å². The van der Waals surface area contributed by atoms with E-state index in [1.54, 1.807) is 30.3 Å². The number of anilines is 1. The van der Waals surface area contributed by atoms with Gasteiger partial charge >= 0.3 is 6.18 Å². The number of halogens is 4. The normalized spacial score (nSPS) is 24.8. The molecule has 2 aliphatic rings. The first-order valence-electron chi connectivity index (χ1n) is 9.31. The molecule has 0 saturated heterocycles. The molecule has 2 aromatic carbocycles. The second-order valence-electron chi connectivity index (χ2n) is 7.46. The minimum absolute atomic E-state index is 0.259. The number of aliphatic hydroxyl groups is 2. The summed E-state index contributed by atoms with van der Waals surface area (Å²) in [6.07, 6.45) is -7.63. The van der Waals surface area contributed by atoms with Gasteiger partial charge in [-0.1, -0.05) is 30.3 Å². The Hall–Kier alpha value is -2.45. The molecular weight excluding hydrogens is 390 g/mol. The van der Waals surface area contributed by atoms with E-state index < -0.39 is 35.5 Å². The van der Waals surface area contributed by atoms with E-state index >= 15 is 0 Å². The van der Waals surface area contributed by atoms with Gasteiger partial charge in [-0.15, -0.1) is 0 Å². The minimum Gasteiger partial charge on any atom is -0.378 e. The first kappa shape index (κ1) is 19.8. The Morgan fingerprint density at radius 3 is 2.52 bits per heavy atom. The molecule has 0 spiro atoms. The first-order chi connectivity index (χ1) is 13.7. The zero-order valence-electron chi connectivity index (χ0n) is 15.3. The zero-order valence-corrected chi connectivity index (χ0v) is 15.3. The average Bonchev–Trinajstić information content (AvgIpc) is 2.92. The van der Waals surface area contributed by atoms with Crippen LogP contribution >= 0.6 is 0 Å². The summed E-state index contributed by atoms with van der Waals surface area (Å²) in [4.78, 5) is 14.3. The van der Waals surface area contributed by atoms with Gasteiger partial charge in [0.05, 0.1) is 0 Å². The third kappa shape index (κ3) is 2.93. The topological polar surface area (TPSA) is 60.8 Å². The summed E-state index contributed by atoms with van der Waals surface area (Å²) < 4.78 is 54.1. The Labute approximate surface area is 164 Å². The molecule has 1 aliphatic carbocycles. The lowest BCUT2D eigenvalue weighted by Gasteiger charge is -2.44. The Bertz CT molecular complexity index is 947. The van der Waals surface area contributed by atoms with Crippen LogP contribution in [0.3, 0.4) is 0 Å². The summed E-state index contributed by atoms with van der Waals surface area (Å²) in [6.45, 7) is 0.259. The van der Waals surface area contributed by atoms with Gasteiger partial charge in [0.25, 0.3) is 5.91 Å². The molecule has 1 aliphatic heterocycles. The van der Waals surface area contributed by atoms with Crippen LogP contribution in [0.1, 0.15) is 47.4 Å². The van der Waals surface area contributed by atoms with Gasteiger partial charge in [-0.2, -0.15) is 13.2 Å². The van der Waals surface area contributed by atoms with Crippen LogP contribution in [0.5, 0.6) is 0 Å². The van der Waals surface area contributed by atoms with Gasteiger partial charge in [0.1, 0.15) is 0 Å². The van der Waals surface area contributed by atoms with E-state index in [4.69, 9.17) is 0 Å². The molecule has 0 saturated carbocycles.